The van der Waals surface area contributed by atoms with Crippen molar-refractivity contribution in [3.63, 3.8) is 0 Å². The molecule has 1 heterocycles. The third kappa shape index (κ3) is 3.00. The molecule has 1 aromatic heterocycles. The van der Waals surface area contributed by atoms with E-state index in [0.29, 0.717) is 12.1 Å². The van der Waals surface area contributed by atoms with Gasteiger partial charge in [-0.3, -0.25) is 0 Å². The lowest BCUT2D eigenvalue weighted by molar-refractivity contribution is 0.204. The molecule has 0 amide bonds. The Hall–Kier alpha value is -1.13. The van der Waals surface area contributed by atoms with E-state index in [9.17, 15) is 0 Å². The van der Waals surface area contributed by atoms with Gasteiger partial charge in [-0.2, -0.15) is 0 Å². The van der Waals surface area contributed by atoms with Gasteiger partial charge in [0.25, 0.3) is 0 Å². The molecule has 1 aliphatic carbocycles. The molecule has 0 aromatic carbocycles. The molecule has 1 aromatic rings. The number of aromatic nitrogens is 1. The number of pyridine rings is 1. The lowest BCUT2D eigenvalue weighted by Gasteiger charge is -2.27. The predicted octanol–water partition coefficient (Wildman–Crippen LogP) is 1.98. The van der Waals surface area contributed by atoms with E-state index in [1.807, 2.05) is 19.3 Å². The minimum Gasteiger partial charge on any atom is -0.383 e. The molecule has 0 bridgehead atoms. The number of hydrogen-bond acceptors (Lipinski definition) is 4. The van der Waals surface area contributed by atoms with Crippen LogP contribution in [0.2, 0.25) is 0 Å². The second kappa shape index (κ2) is 6.16. The zero-order valence-electron chi connectivity index (χ0n) is 11.5. The summed E-state index contributed by atoms with van der Waals surface area (Å²) in [6.45, 7) is 3.84. The van der Waals surface area contributed by atoms with Crippen molar-refractivity contribution in [1.29, 1.82) is 0 Å². The van der Waals surface area contributed by atoms with Crippen LogP contribution in [-0.4, -0.2) is 38.3 Å². The van der Waals surface area contributed by atoms with Crippen molar-refractivity contribution < 1.29 is 4.74 Å². The van der Waals surface area contributed by atoms with E-state index in [1.165, 1.54) is 18.4 Å². The molecule has 1 atom stereocenters. The van der Waals surface area contributed by atoms with E-state index in [-0.39, 0.29) is 0 Å². The molecule has 0 spiro atoms. The molecule has 100 valence electrons. The Balaban J connectivity index is 2.22. The SMILES string of the molecule is CNC(C)c1cccnc1N(CCOC)C1CC1. The number of anilines is 1. The summed E-state index contributed by atoms with van der Waals surface area (Å²) >= 11 is 0. The fraction of sp³-hybridized carbons (Fsp3) is 0.643. The summed E-state index contributed by atoms with van der Waals surface area (Å²) in [5, 5.41) is 3.29. The van der Waals surface area contributed by atoms with Crippen LogP contribution in [0.1, 0.15) is 31.4 Å². The molecule has 4 heteroatoms. The quantitative estimate of drug-likeness (QED) is 0.802. The summed E-state index contributed by atoms with van der Waals surface area (Å²) in [6, 6.07) is 5.13. The fourth-order valence-electron chi connectivity index (χ4n) is 2.18. The van der Waals surface area contributed by atoms with E-state index in [2.05, 4.69) is 28.2 Å². The normalized spacial score (nSPS) is 16.6. The Morgan fingerprint density at radius 2 is 2.33 bits per heavy atom. The maximum absolute atomic E-state index is 5.21. The van der Waals surface area contributed by atoms with Crippen molar-refractivity contribution in [1.82, 2.24) is 10.3 Å². The van der Waals surface area contributed by atoms with Crippen LogP contribution in [-0.2, 0) is 4.74 Å². The van der Waals surface area contributed by atoms with E-state index >= 15 is 0 Å². The highest BCUT2D eigenvalue weighted by Gasteiger charge is 2.31. The van der Waals surface area contributed by atoms with Gasteiger partial charge in [0.2, 0.25) is 0 Å². The van der Waals surface area contributed by atoms with E-state index in [0.717, 1.165) is 19.0 Å². The first-order chi connectivity index (χ1) is 8.77. The maximum atomic E-state index is 5.21. The summed E-state index contributed by atoms with van der Waals surface area (Å²) in [5.74, 6) is 1.11. The highest BCUT2D eigenvalue weighted by molar-refractivity contribution is 5.50. The molecule has 0 aliphatic heterocycles. The summed E-state index contributed by atoms with van der Waals surface area (Å²) in [6.07, 6.45) is 4.42. The topological polar surface area (TPSA) is 37.4 Å². The van der Waals surface area contributed by atoms with Crippen LogP contribution in [0.25, 0.3) is 0 Å². The van der Waals surface area contributed by atoms with Crippen molar-refractivity contribution in [2.75, 3.05) is 32.2 Å². The van der Waals surface area contributed by atoms with Crippen LogP contribution < -0.4 is 10.2 Å². The molecular formula is C14H23N3O. The fourth-order valence-corrected chi connectivity index (χ4v) is 2.18. The van der Waals surface area contributed by atoms with Gasteiger partial charge in [0.15, 0.2) is 0 Å². The van der Waals surface area contributed by atoms with Gasteiger partial charge in [0, 0.05) is 37.5 Å². The van der Waals surface area contributed by atoms with Gasteiger partial charge >= 0.3 is 0 Å². The number of nitrogens with one attached hydrogen (secondary N) is 1. The highest BCUT2D eigenvalue weighted by Crippen LogP contribution is 2.33. The van der Waals surface area contributed by atoms with Gasteiger partial charge in [0.05, 0.1) is 6.61 Å². The molecular weight excluding hydrogens is 226 g/mol. The van der Waals surface area contributed by atoms with Gasteiger partial charge in [0.1, 0.15) is 5.82 Å². The van der Waals surface area contributed by atoms with Crippen LogP contribution in [0.15, 0.2) is 18.3 Å². The lowest BCUT2D eigenvalue weighted by atomic mass is 10.1. The van der Waals surface area contributed by atoms with Gasteiger partial charge in [-0.15, -0.1) is 0 Å². The first-order valence-electron chi connectivity index (χ1n) is 6.65. The zero-order valence-corrected chi connectivity index (χ0v) is 11.5. The molecule has 1 aliphatic rings. The molecule has 1 N–H and O–H groups in total. The molecule has 4 nitrogen and oxygen atoms in total. The number of rotatable bonds is 7. The Bertz CT molecular complexity index is 379. The standard InChI is InChI=1S/C14H23N3O/c1-11(15-2)13-5-4-8-16-14(13)17(9-10-18-3)12-6-7-12/h4-5,8,11-12,15H,6-7,9-10H2,1-3H3. The van der Waals surface area contributed by atoms with Gasteiger partial charge in [-0.25, -0.2) is 4.98 Å². The minimum absolute atomic E-state index is 0.317. The average molecular weight is 249 g/mol. The predicted molar refractivity (Wildman–Crippen MR) is 74.0 cm³/mol. The summed E-state index contributed by atoms with van der Waals surface area (Å²) < 4.78 is 5.21. The lowest BCUT2D eigenvalue weighted by Crippen LogP contribution is -2.32. The number of hydrogen-bond donors (Lipinski definition) is 1. The molecule has 1 fully saturated rings. The molecule has 1 saturated carbocycles. The van der Waals surface area contributed by atoms with E-state index in [1.54, 1.807) is 7.11 Å². The molecule has 18 heavy (non-hydrogen) atoms. The van der Waals surface area contributed by atoms with E-state index in [4.69, 9.17) is 4.74 Å². The Morgan fingerprint density at radius 1 is 1.56 bits per heavy atom. The van der Waals surface area contributed by atoms with Crippen molar-refractivity contribution in [3.8, 4) is 0 Å². The minimum atomic E-state index is 0.317. The Morgan fingerprint density at radius 3 is 2.94 bits per heavy atom. The molecule has 0 radical (unpaired) electrons. The van der Waals surface area contributed by atoms with Crippen LogP contribution in [0.5, 0.6) is 0 Å². The second-order valence-electron chi connectivity index (χ2n) is 4.84. The van der Waals surface area contributed by atoms with Crippen molar-refractivity contribution in [2.24, 2.45) is 0 Å². The van der Waals surface area contributed by atoms with Crippen LogP contribution >= 0.6 is 0 Å². The average Bonchev–Trinajstić information content (AvgIpc) is 3.23. The molecule has 2 rings (SSSR count). The smallest absolute Gasteiger partial charge is 0.133 e. The van der Waals surface area contributed by atoms with Gasteiger partial charge < -0.3 is 15.0 Å². The third-order valence-electron chi connectivity index (χ3n) is 3.51. The third-order valence-corrected chi connectivity index (χ3v) is 3.51. The monoisotopic (exact) mass is 249 g/mol. The molecule has 0 saturated heterocycles. The molecule has 1 unspecified atom stereocenters. The highest BCUT2D eigenvalue weighted by atomic mass is 16.5. The summed E-state index contributed by atoms with van der Waals surface area (Å²) in [7, 11) is 3.73. The summed E-state index contributed by atoms with van der Waals surface area (Å²) in [4.78, 5) is 6.99. The van der Waals surface area contributed by atoms with Crippen LogP contribution in [0.4, 0.5) is 5.82 Å². The van der Waals surface area contributed by atoms with Crippen molar-refractivity contribution >= 4 is 5.82 Å². The number of methoxy groups -OCH3 is 1. The second-order valence-corrected chi connectivity index (χ2v) is 4.84. The Kier molecular flexibility index (Phi) is 4.55. The van der Waals surface area contributed by atoms with Crippen molar-refractivity contribution in [2.45, 2.75) is 31.8 Å². The van der Waals surface area contributed by atoms with Crippen LogP contribution in [0.3, 0.4) is 0 Å². The largest absolute Gasteiger partial charge is 0.383 e. The maximum Gasteiger partial charge on any atom is 0.133 e. The van der Waals surface area contributed by atoms with Gasteiger partial charge in [-0.05, 0) is 32.9 Å². The van der Waals surface area contributed by atoms with Crippen LogP contribution in [0, 0.1) is 0 Å². The Labute approximate surface area is 109 Å². The van der Waals surface area contributed by atoms with E-state index < -0.39 is 0 Å². The number of ether oxygens (including phenoxy) is 1. The number of nitrogens with zero attached hydrogens (tertiary/aromatic N) is 2. The summed E-state index contributed by atoms with van der Waals surface area (Å²) in [5.41, 5.74) is 1.27. The van der Waals surface area contributed by atoms with Crippen molar-refractivity contribution in [3.05, 3.63) is 23.9 Å². The first kappa shape index (κ1) is 13.3. The first-order valence-corrected chi connectivity index (χ1v) is 6.65. The van der Waals surface area contributed by atoms with Gasteiger partial charge in [-0.1, -0.05) is 6.07 Å². The zero-order chi connectivity index (χ0) is 13.0.